The third-order valence-electron chi connectivity index (χ3n) is 5.41. The monoisotopic (exact) mass is 488 g/mol. The Balaban J connectivity index is 1.32. The Morgan fingerprint density at radius 3 is 3.06 bits per heavy atom. The zero-order chi connectivity index (χ0) is 23.9. The Morgan fingerprint density at radius 1 is 1.44 bits per heavy atom. The van der Waals surface area contributed by atoms with Crippen LogP contribution in [0.4, 0.5) is 5.82 Å². The lowest BCUT2D eigenvalue weighted by molar-refractivity contribution is -0.0847. The molecule has 0 radical (unpaired) electrons. The minimum Gasteiger partial charge on any atom is -0.434 e. The highest BCUT2D eigenvalue weighted by molar-refractivity contribution is 7.48. The van der Waals surface area contributed by atoms with Crippen molar-refractivity contribution in [2.24, 2.45) is 0 Å². The zero-order valence-corrected chi connectivity index (χ0v) is 18.1. The number of pyridine rings is 1. The maximum atomic E-state index is 12.9. The Kier molecular flexibility index (Phi) is 5.53. The number of nitrogen functional groups attached to an aromatic ring is 1. The molecule has 3 N–H and O–H groups in total. The summed E-state index contributed by atoms with van der Waals surface area (Å²) in [6, 6.07) is 8.08. The summed E-state index contributed by atoms with van der Waals surface area (Å²) in [6.07, 6.45) is 0.164. The van der Waals surface area contributed by atoms with Crippen molar-refractivity contribution in [3.8, 4) is 6.07 Å². The molecule has 0 aliphatic carbocycles. The fourth-order valence-electron chi connectivity index (χ4n) is 3.78. The second kappa shape index (κ2) is 8.41. The molecule has 0 amide bonds. The number of ether oxygens (including phenoxy) is 2. The Hall–Kier alpha value is -3.44. The van der Waals surface area contributed by atoms with E-state index in [-0.39, 0.29) is 23.7 Å². The Morgan fingerprint density at radius 2 is 2.29 bits per heavy atom. The first-order valence-electron chi connectivity index (χ1n) is 9.87. The van der Waals surface area contributed by atoms with Crippen molar-refractivity contribution in [1.29, 1.82) is 5.26 Å². The average Bonchev–Trinajstić information content (AvgIpc) is 3.40. The summed E-state index contributed by atoms with van der Waals surface area (Å²) >= 11 is 0. The summed E-state index contributed by atoms with van der Waals surface area (Å²) in [5.41, 5.74) is 4.65. The van der Waals surface area contributed by atoms with E-state index >= 15 is 0 Å². The Labute approximate surface area is 191 Å². The molecule has 3 aromatic heterocycles. The minimum atomic E-state index is -4.26. The number of hydrogen-bond donors (Lipinski definition) is 2. The van der Waals surface area contributed by atoms with E-state index in [0.29, 0.717) is 5.52 Å². The number of carbonyl (C=O) groups excluding carboxylic acids is 1. The number of esters is 1. The number of nitrogens with two attached hydrogens (primary N) is 1. The van der Waals surface area contributed by atoms with Crippen LogP contribution >= 0.6 is 7.82 Å². The number of aliphatic hydroxyl groups excluding tert-OH is 1. The molecule has 0 saturated carbocycles. The van der Waals surface area contributed by atoms with Crippen molar-refractivity contribution < 1.29 is 37.5 Å². The van der Waals surface area contributed by atoms with Crippen LogP contribution in [0.2, 0.25) is 0 Å². The lowest BCUT2D eigenvalue weighted by Crippen LogP contribution is -2.43. The van der Waals surface area contributed by atoms with Gasteiger partial charge in [0.15, 0.2) is 5.82 Å². The molecule has 2 aliphatic heterocycles. The molecule has 0 bridgehead atoms. The maximum Gasteiger partial charge on any atom is 0.478 e. The molecule has 1 unspecified atom stereocenters. The lowest BCUT2D eigenvalue weighted by Gasteiger charge is -2.30. The third-order valence-corrected chi connectivity index (χ3v) is 6.79. The number of nitrogens with zero attached hydrogens (tertiary/aromatic N) is 5. The molecule has 0 aromatic carbocycles. The van der Waals surface area contributed by atoms with E-state index < -0.39 is 44.5 Å². The van der Waals surface area contributed by atoms with Gasteiger partial charge in [-0.2, -0.15) is 10.4 Å². The van der Waals surface area contributed by atoms with Crippen LogP contribution in [0.1, 0.15) is 16.1 Å². The number of rotatable bonds is 5. The summed E-state index contributed by atoms with van der Waals surface area (Å²) in [5, 5.41) is 25.1. The van der Waals surface area contributed by atoms with Gasteiger partial charge >= 0.3 is 13.8 Å². The summed E-state index contributed by atoms with van der Waals surface area (Å²) in [7, 11) is -4.26. The van der Waals surface area contributed by atoms with Crippen molar-refractivity contribution in [3.63, 3.8) is 0 Å². The average molecular weight is 488 g/mol. The summed E-state index contributed by atoms with van der Waals surface area (Å²) in [6.45, 7) is -1.07. The first kappa shape index (κ1) is 22.4. The highest BCUT2D eigenvalue weighted by Crippen LogP contribution is 2.58. The number of aromatic nitrogens is 4. The molecule has 2 saturated heterocycles. The Bertz CT molecular complexity index is 1330. The van der Waals surface area contributed by atoms with Gasteiger partial charge in [0.2, 0.25) is 12.4 Å². The molecular weight excluding hydrogens is 471 g/mol. The van der Waals surface area contributed by atoms with Gasteiger partial charge in [-0.15, -0.1) is 0 Å². The number of phosphoric acid groups is 1. The van der Waals surface area contributed by atoms with Crippen LogP contribution in [0, 0.1) is 11.3 Å². The SMILES string of the molecule is N#C[C@@]1(c2ccc3c(N)ncnn23)OC2CO[P@](=O)(OCOC(=O)c3cccnc3)O[C@H]2[C@H]1O. The standard InChI is InChI=1S/C19H17N6O8P/c20-8-19(14-4-3-12-17(21)23-9-24-25(12)14)16(26)15-13(32-19)7-30-34(28,33-15)31-10-29-18(27)11-2-1-5-22-6-11/h1-6,9,13,15-16,26H,7,10H2,(H2,21,23,24)/t13?,15-,16-,19+,34-/m1/s1. The van der Waals surface area contributed by atoms with Gasteiger partial charge in [-0.05, 0) is 24.3 Å². The highest BCUT2D eigenvalue weighted by atomic mass is 31.2. The van der Waals surface area contributed by atoms with E-state index in [1.807, 2.05) is 6.07 Å². The summed E-state index contributed by atoms with van der Waals surface area (Å²) in [5.74, 6) is -0.596. The van der Waals surface area contributed by atoms with Crippen LogP contribution in [-0.2, 0) is 33.2 Å². The molecule has 2 fully saturated rings. The van der Waals surface area contributed by atoms with Crippen molar-refractivity contribution in [3.05, 3.63) is 54.2 Å². The van der Waals surface area contributed by atoms with Gasteiger partial charge < -0.3 is 20.3 Å². The predicted molar refractivity (Wildman–Crippen MR) is 110 cm³/mol. The smallest absolute Gasteiger partial charge is 0.434 e. The largest absolute Gasteiger partial charge is 0.478 e. The van der Waals surface area contributed by atoms with Crippen molar-refractivity contribution in [2.45, 2.75) is 23.9 Å². The van der Waals surface area contributed by atoms with E-state index in [9.17, 15) is 19.7 Å². The van der Waals surface area contributed by atoms with Gasteiger partial charge in [0, 0.05) is 12.4 Å². The van der Waals surface area contributed by atoms with Crippen molar-refractivity contribution in [1.82, 2.24) is 19.6 Å². The molecule has 14 nitrogen and oxygen atoms in total. The number of phosphoric ester groups is 1. The van der Waals surface area contributed by atoms with Crippen LogP contribution < -0.4 is 5.73 Å². The van der Waals surface area contributed by atoms with E-state index in [0.717, 1.165) is 0 Å². The molecule has 0 spiro atoms. The van der Waals surface area contributed by atoms with Gasteiger partial charge in [-0.25, -0.2) is 23.4 Å². The van der Waals surface area contributed by atoms with Crippen LogP contribution in [0.5, 0.6) is 0 Å². The van der Waals surface area contributed by atoms with E-state index in [4.69, 9.17) is 28.8 Å². The minimum absolute atomic E-state index is 0.164. The highest BCUT2D eigenvalue weighted by Gasteiger charge is 2.62. The fourth-order valence-corrected chi connectivity index (χ4v) is 5.04. The van der Waals surface area contributed by atoms with E-state index in [1.165, 1.54) is 35.4 Å². The normalized spacial score (nSPS) is 30.5. The number of anilines is 1. The van der Waals surface area contributed by atoms with Crippen molar-refractivity contribution in [2.75, 3.05) is 19.1 Å². The van der Waals surface area contributed by atoms with Crippen LogP contribution in [0.25, 0.3) is 5.52 Å². The van der Waals surface area contributed by atoms with Crippen molar-refractivity contribution >= 4 is 25.1 Å². The number of nitriles is 1. The maximum absolute atomic E-state index is 12.9. The molecule has 176 valence electrons. The molecule has 15 heteroatoms. The van der Waals surface area contributed by atoms with Gasteiger partial charge in [0.25, 0.3) is 0 Å². The zero-order valence-electron chi connectivity index (χ0n) is 17.3. The summed E-state index contributed by atoms with van der Waals surface area (Å²) < 4.78 is 40.6. The second-order valence-electron chi connectivity index (χ2n) is 7.34. The molecule has 3 aromatic rings. The molecule has 34 heavy (non-hydrogen) atoms. The fraction of sp³-hybridized carbons (Fsp3) is 0.316. The first-order chi connectivity index (χ1) is 16.4. The van der Waals surface area contributed by atoms with Gasteiger partial charge in [0.1, 0.15) is 36.2 Å². The first-order valence-corrected chi connectivity index (χ1v) is 11.3. The number of carbonyl (C=O) groups is 1. The van der Waals surface area contributed by atoms with Gasteiger partial charge in [0.05, 0.1) is 17.9 Å². The number of fused-ring (bicyclic) bond motifs is 2. The van der Waals surface area contributed by atoms with Crippen LogP contribution in [0.15, 0.2) is 43.0 Å². The number of hydrogen-bond acceptors (Lipinski definition) is 13. The van der Waals surface area contributed by atoms with Crippen LogP contribution in [0.3, 0.4) is 0 Å². The molecule has 2 aliphatic rings. The van der Waals surface area contributed by atoms with Crippen LogP contribution in [-0.4, -0.2) is 62.4 Å². The van der Waals surface area contributed by atoms with Gasteiger partial charge in [-0.3, -0.25) is 14.0 Å². The predicted octanol–water partition coefficient (Wildman–Crippen LogP) is 0.540. The molecular formula is C19H17N6O8P. The number of aliphatic hydroxyl groups is 1. The lowest BCUT2D eigenvalue weighted by atomic mass is 9.92. The third kappa shape index (κ3) is 3.61. The van der Waals surface area contributed by atoms with E-state index in [2.05, 4.69) is 15.1 Å². The molecule has 5 atom stereocenters. The topological polar surface area (TPSA) is 193 Å². The quantitative estimate of drug-likeness (QED) is 0.287. The summed E-state index contributed by atoms with van der Waals surface area (Å²) in [4.78, 5) is 19.7. The molecule has 5 rings (SSSR count). The van der Waals surface area contributed by atoms with Gasteiger partial charge in [-0.1, -0.05) is 0 Å². The molecule has 5 heterocycles. The second-order valence-corrected chi connectivity index (χ2v) is 8.96. The van der Waals surface area contributed by atoms with E-state index in [1.54, 1.807) is 12.1 Å².